The van der Waals surface area contributed by atoms with E-state index in [4.69, 9.17) is 0 Å². The van der Waals surface area contributed by atoms with E-state index < -0.39 is 0 Å². The van der Waals surface area contributed by atoms with Gasteiger partial charge in [0, 0.05) is 18.3 Å². The van der Waals surface area contributed by atoms with Crippen molar-refractivity contribution in [3.05, 3.63) is 36.0 Å². The highest BCUT2D eigenvalue weighted by Crippen LogP contribution is 2.03. The lowest BCUT2D eigenvalue weighted by Crippen LogP contribution is -1.85. The number of nitrogens with zero attached hydrogens (tertiary/aromatic N) is 1. The van der Waals surface area contributed by atoms with E-state index in [9.17, 15) is 0 Å². The standard InChI is InChI=1S/C9H12N/c1-3-4-9-7-8(2)5-6-10-9/h4-7H,3H2,1-2H3. The fraction of sp³-hybridized carbons (Fsp3) is 0.333. The summed E-state index contributed by atoms with van der Waals surface area (Å²) in [7, 11) is 0. The van der Waals surface area contributed by atoms with Crippen LogP contribution in [0.25, 0.3) is 0 Å². The van der Waals surface area contributed by atoms with E-state index in [1.165, 1.54) is 5.56 Å². The minimum Gasteiger partial charge on any atom is -0.261 e. The van der Waals surface area contributed by atoms with Crippen LogP contribution in [0.1, 0.15) is 24.6 Å². The Bertz CT molecular complexity index is 206. The van der Waals surface area contributed by atoms with Gasteiger partial charge in [0.2, 0.25) is 0 Å². The molecule has 0 amide bonds. The highest BCUT2D eigenvalue weighted by Gasteiger charge is 1.91. The zero-order valence-electron chi connectivity index (χ0n) is 6.46. The van der Waals surface area contributed by atoms with Gasteiger partial charge in [-0.15, -0.1) is 0 Å². The van der Waals surface area contributed by atoms with Crippen molar-refractivity contribution in [1.29, 1.82) is 0 Å². The Morgan fingerprint density at radius 3 is 3.00 bits per heavy atom. The summed E-state index contributed by atoms with van der Waals surface area (Å²) in [4.78, 5) is 4.17. The van der Waals surface area contributed by atoms with Crippen LogP contribution in [-0.2, 0) is 0 Å². The fourth-order valence-electron chi connectivity index (χ4n) is 0.880. The van der Waals surface area contributed by atoms with Crippen LogP contribution < -0.4 is 0 Å². The van der Waals surface area contributed by atoms with Gasteiger partial charge in [-0.25, -0.2) is 0 Å². The summed E-state index contributed by atoms with van der Waals surface area (Å²) in [5.74, 6) is 0. The molecule has 0 atom stereocenters. The number of hydrogen-bond acceptors (Lipinski definition) is 1. The average molecular weight is 134 g/mol. The van der Waals surface area contributed by atoms with Crippen molar-refractivity contribution in [3.63, 3.8) is 0 Å². The van der Waals surface area contributed by atoms with E-state index in [0.717, 1.165) is 12.1 Å². The molecule has 1 aromatic heterocycles. The van der Waals surface area contributed by atoms with Crippen molar-refractivity contribution in [2.45, 2.75) is 20.3 Å². The summed E-state index contributed by atoms with van der Waals surface area (Å²) < 4.78 is 0. The molecule has 1 heteroatoms. The highest BCUT2D eigenvalue weighted by molar-refractivity contribution is 5.19. The SMILES string of the molecule is CC[CH]c1cc(C)ccn1. The minimum absolute atomic E-state index is 1.05. The second kappa shape index (κ2) is 3.35. The molecule has 0 fully saturated rings. The molecule has 0 aliphatic heterocycles. The molecule has 1 nitrogen and oxygen atoms in total. The molecular weight excluding hydrogens is 122 g/mol. The van der Waals surface area contributed by atoms with Gasteiger partial charge in [-0.2, -0.15) is 0 Å². The molecule has 0 bridgehead atoms. The molecule has 0 saturated heterocycles. The van der Waals surface area contributed by atoms with Crippen molar-refractivity contribution < 1.29 is 0 Å². The molecule has 0 unspecified atom stereocenters. The molecule has 0 spiro atoms. The molecule has 10 heavy (non-hydrogen) atoms. The molecule has 53 valence electrons. The molecule has 0 saturated carbocycles. The number of hydrogen-bond donors (Lipinski definition) is 0. The second-order valence-electron chi connectivity index (χ2n) is 2.37. The van der Waals surface area contributed by atoms with Gasteiger partial charge in [-0.3, -0.25) is 4.98 Å². The first-order chi connectivity index (χ1) is 4.83. The number of aromatic nitrogens is 1. The first kappa shape index (κ1) is 7.26. The van der Waals surface area contributed by atoms with Gasteiger partial charge < -0.3 is 0 Å². The summed E-state index contributed by atoms with van der Waals surface area (Å²) in [6.07, 6.45) is 5.01. The van der Waals surface area contributed by atoms with Gasteiger partial charge in [-0.05, 0) is 31.0 Å². The Morgan fingerprint density at radius 2 is 2.40 bits per heavy atom. The first-order valence-electron chi connectivity index (χ1n) is 3.59. The van der Waals surface area contributed by atoms with Crippen LogP contribution in [0, 0.1) is 13.3 Å². The van der Waals surface area contributed by atoms with E-state index in [2.05, 4.69) is 31.3 Å². The molecule has 1 heterocycles. The van der Waals surface area contributed by atoms with Gasteiger partial charge in [0.15, 0.2) is 0 Å². The van der Waals surface area contributed by atoms with E-state index in [0.29, 0.717) is 0 Å². The van der Waals surface area contributed by atoms with Crippen LogP contribution in [0.5, 0.6) is 0 Å². The van der Waals surface area contributed by atoms with Gasteiger partial charge in [-0.1, -0.05) is 6.92 Å². The zero-order chi connectivity index (χ0) is 7.40. The monoisotopic (exact) mass is 134 g/mol. The Kier molecular flexibility index (Phi) is 2.43. The Balaban J connectivity index is 2.75. The molecule has 1 aromatic rings. The van der Waals surface area contributed by atoms with Crippen molar-refractivity contribution in [1.82, 2.24) is 4.98 Å². The minimum atomic E-state index is 1.05. The van der Waals surface area contributed by atoms with Crippen LogP contribution in [0.3, 0.4) is 0 Å². The van der Waals surface area contributed by atoms with E-state index in [1.807, 2.05) is 12.3 Å². The summed E-state index contributed by atoms with van der Waals surface area (Å²) in [5.41, 5.74) is 2.36. The zero-order valence-corrected chi connectivity index (χ0v) is 6.46. The molecule has 1 rings (SSSR count). The van der Waals surface area contributed by atoms with Gasteiger partial charge in [0.25, 0.3) is 0 Å². The quantitative estimate of drug-likeness (QED) is 0.605. The predicted octanol–water partition coefficient (Wildman–Crippen LogP) is 2.35. The second-order valence-corrected chi connectivity index (χ2v) is 2.37. The van der Waals surface area contributed by atoms with Crippen molar-refractivity contribution in [2.75, 3.05) is 0 Å². The number of pyridine rings is 1. The third kappa shape index (κ3) is 1.83. The van der Waals surface area contributed by atoms with Crippen LogP contribution in [0.2, 0.25) is 0 Å². The van der Waals surface area contributed by atoms with E-state index >= 15 is 0 Å². The average Bonchev–Trinajstić information content (AvgIpc) is 1.88. The normalized spacial score (nSPS) is 9.80. The van der Waals surface area contributed by atoms with Crippen molar-refractivity contribution >= 4 is 0 Å². The Labute approximate surface area is 62.1 Å². The summed E-state index contributed by atoms with van der Waals surface area (Å²) in [6, 6.07) is 4.09. The molecule has 0 aliphatic rings. The molecule has 0 aromatic carbocycles. The molecule has 0 N–H and O–H groups in total. The summed E-state index contributed by atoms with van der Waals surface area (Å²) in [6.45, 7) is 4.19. The third-order valence-corrected chi connectivity index (χ3v) is 1.35. The Morgan fingerprint density at radius 1 is 1.60 bits per heavy atom. The lowest BCUT2D eigenvalue weighted by Gasteiger charge is -1.96. The van der Waals surface area contributed by atoms with E-state index in [-0.39, 0.29) is 0 Å². The van der Waals surface area contributed by atoms with Crippen LogP contribution in [0.4, 0.5) is 0 Å². The summed E-state index contributed by atoms with van der Waals surface area (Å²) in [5, 5.41) is 0. The number of rotatable bonds is 2. The maximum atomic E-state index is 4.17. The fourth-order valence-corrected chi connectivity index (χ4v) is 0.880. The first-order valence-corrected chi connectivity index (χ1v) is 3.59. The van der Waals surface area contributed by atoms with Crippen LogP contribution in [0.15, 0.2) is 18.3 Å². The Hall–Kier alpha value is -0.850. The van der Waals surface area contributed by atoms with Crippen molar-refractivity contribution in [2.24, 2.45) is 0 Å². The maximum absolute atomic E-state index is 4.17. The van der Waals surface area contributed by atoms with Crippen LogP contribution in [-0.4, -0.2) is 4.98 Å². The molecular formula is C9H12N. The summed E-state index contributed by atoms with van der Waals surface area (Å²) >= 11 is 0. The predicted molar refractivity (Wildman–Crippen MR) is 42.7 cm³/mol. The van der Waals surface area contributed by atoms with Gasteiger partial charge >= 0.3 is 0 Å². The lowest BCUT2D eigenvalue weighted by atomic mass is 10.2. The van der Waals surface area contributed by atoms with E-state index in [1.54, 1.807) is 0 Å². The highest BCUT2D eigenvalue weighted by atomic mass is 14.7. The molecule has 0 aliphatic carbocycles. The molecule has 1 radical (unpaired) electrons. The lowest BCUT2D eigenvalue weighted by molar-refractivity contribution is 1.06. The third-order valence-electron chi connectivity index (χ3n) is 1.35. The van der Waals surface area contributed by atoms with Crippen LogP contribution >= 0.6 is 0 Å². The topological polar surface area (TPSA) is 12.9 Å². The van der Waals surface area contributed by atoms with Gasteiger partial charge in [0.05, 0.1) is 0 Å². The largest absolute Gasteiger partial charge is 0.261 e. The van der Waals surface area contributed by atoms with Crippen molar-refractivity contribution in [3.8, 4) is 0 Å². The van der Waals surface area contributed by atoms with Gasteiger partial charge in [0.1, 0.15) is 0 Å². The smallest absolute Gasteiger partial charge is 0.0443 e. The maximum Gasteiger partial charge on any atom is 0.0443 e. The number of aryl methyl sites for hydroxylation is 1.